The number of fused-ring (bicyclic) bond motifs is 2. The van der Waals surface area contributed by atoms with E-state index < -0.39 is 5.97 Å². The van der Waals surface area contributed by atoms with Crippen LogP contribution < -0.4 is 0 Å². The number of rotatable bonds is 4. The number of thioether (sulfide) groups is 1. The molecule has 0 bridgehead atoms. The van der Waals surface area contributed by atoms with Crippen LogP contribution in [0.2, 0.25) is 0 Å². The lowest BCUT2D eigenvalue weighted by Crippen LogP contribution is -1.97. The van der Waals surface area contributed by atoms with Crippen LogP contribution in [-0.2, 0) is 4.79 Å². The van der Waals surface area contributed by atoms with Crippen LogP contribution in [0.5, 0.6) is 0 Å². The number of H-pyrrole nitrogens is 2. The number of para-hydroxylation sites is 3. The highest BCUT2D eigenvalue weighted by Crippen LogP contribution is 2.31. The topological polar surface area (TPSA) is 81.8 Å². The van der Waals surface area contributed by atoms with Crippen LogP contribution in [0.15, 0.2) is 58.6 Å². The molecule has 0 atom stereocenters. The molecule has 5 nitrogen and oxygen atoms in total. The zero-order valence-corrected chi connectivity index (χ0v) is 14.2. The number of aryl methyl sites for hydroxylation is 1. The van der Waals surface area contributed by atoms with Gasteiger partial charge in [-0.1, -0.05) is 30.3 Å². The summed E-state index contributed by atoms with van der Waals surface area (Å²) in [7, 11) is 0. The molecule has 6 heteroatoms. The fourth-order valence-electron chi connectivity index (χ4n) is 2.83. The summed E-state index contributed by atoms with van der Waals surface area (Å²) in [5.74, 6) is -0.977. The quantitative estimate of drug-likeness (QED) is 0.372. The molecule has 2 heterocycles. The largest absolute Gasteiger partial charge is 0.477 e. The van der Waals surface area contributed by atoms with E-state index in [9.17, 15) is 9.90 Å². The minimum absolute atomic E-state index is 0.215. The first-order valence-corrected chi connectivity index (χ1v) is 8.58. The maximum Gasteiger partial charge on any atom is 0.342 e. The number of aromatic nitrogens is 3. The Labute approximate surface area is 147 Å². The third-order valence-electron chi connectivity index (χ3n) is 4.00. The Balaban J connectivity index is 1.76. The monoisotopic (exact) mass is 349 g/mol. The van der Waals surface area contributed by atoms with Gasteiger partial charge in [-0.2, -0.15) is 0 Å². The summed E-state index contributed by atoms with van der Waals surface area (Å²) in [6, 6.07) is 15.5. The van der Waals surface area contributed by atoms with Crippen molar-refractivity contribution in [3.05, 3.63) is 64.7 Å². The van der Waals surface area contributed by atoms with Gasteiger partial charge in [0.2, 0.25) is 0 Å². The molecule has 4 rings (SSSR count). The van der Waals surface area contributed by atoms with Crippen LogP contribution in [0, 0.1) is 6.92 Å². The maximum atomic E-state index is 11.8. The van der Waals surface area contributed by atoms with Gasteiger partial charge in [0, 0.05) is 22.2 Å². The van der Waals surface area contributed by atoms with Crippen molar-refractivity contribution in [3.63, 3.8) is 0 Å². The first kappa shape index (κ1) is 15.5. The Kier molecular flexibility index (Phi) is 3.82. The molecule has 0 spiro atoms. The van der Waals surface area contributed by atoms with Gasteiger partial charge in [-0.25, -0.2) is 9.78 Å². The summed E-state index contributed by atoms with van der Waals surface area (Å²) in [6.07, 6.45) is 1.70. The molecule has 124 valence electrons. The van der Waals surface area contributed by atoms with E-state index in [4.69, 9.17) is 0 Å². The number of benzene rings is 2. The number of hydrogen-bond donors (Lipinski definition) is 3. The second kappa shape index (κ2) is 6.14. The lowest BCUT2D eigenvalue weighted by molar-refractivity contribution is -0.131. The van der Waals surface area contributed by atoms with Gasteiger partial charge < -0.3 is 15.1 Å². The zero-order chi connectivity index (χ0) is 17.4. The Morgan fingerprint density at radius 1 is 1.08 bits per heavy atom. The van der Waals surface area contributed by atoms with Crippen LogP contribution in [0.3, 0.4) is 0 Å². The second-order valence-electron chi connectivity index (χ2n) is 5.68. The summed E-state index contributed by atoms with van der Waals surface area (Å²) in [5, 5.41) is 11.2. The second-order valence-corrected chi connectivity index (χ2v) is 6.71. The van der Waals surface area contributed by atoms with E-state index in [2.05, 4.69) is 15.0 Å². The van der Waals surface area contributed by atoms with Crippen molar-refractivity contribution in [2.45, 2.75) is 12.1 Å². The summed E-state index contributed by atoms with van der Waals surface area (Å²) < 4.78 is 0. The predicted molar refractivity (Wildman–Crippen MR) is 101 cm³/mol. The average molecular weight is 349 g/mol. The van der Waals surface area contributed by atoms with E-state index in [1.54, 1.807) is 6.08 Å². The van der Waals surface area contributed by atoms with Crippen LogP contribution in [-0.4, -0.2) is 26.0 Å². The van der Waals surface area contributed by atoms with Crippen molar-refractivity contribution < 1.29 is 9.90 Å². The van der Waals surface area contributed by atoms with Crippen LogP contribution in [0.25, 0.3) is 28.0 Å². The average Bonchev–Trinajstić information content (AvgIpc) is 3.14. The first-order chi connectivity index (χ1) is 12.1. The van der Waals surface area contributed by atoms with Crippen molar-refractivity contribution in [2.24, 2.45) is 0 Å². The molecule has 2 aromatic heterocycles. The number of nitrogens with zero attached hydrogens (tertiary/aromatic N) is 1. The van der Waals surface area contributed by atoms with E-state index >= 15 is 0 Å². The number of carbonyl (C=O) groups is 1. The molecule has 0 saturated heterocycles. The minimum Gasteiger partial charge on any atom is -0.477 e. The Hall–Kier alpha value is -2.99. The van der Waals surface area contributed by atoms with Gasteiger partial charge in [-0.05, 0) is 43.0 Å². The van der Waals surface area contributed by atoms with Gasteiger partial charge in [0.25, 0.3) is 0 Å². The zero-order valence-electron chi connectivity index (χ0n) is 13.4. The summed E-state index contributed by atoms with van der Waals surface area (Å²) in [6.45, 7) is 1.94. The molecule has 25 heavy (non-hydrogen) atoms. The molecule has 4 aromatic rings. The Bertz CT molecular complexity index is 1090. The van der Waals surface area contributed by atoms with Crippen LogP contribution in [0.4, 0.5) is 0 Å². The predicted octanol–water partition coefficient (Wildman–Crippen LogP) is 4.57. The number of nitrogens with one attached hydrogen (secondary N) is 2. The van der Waals surface area contributed by atoms with Gasteiger partial charge in [-0.3, -0.25) is 0 Å². The normalized spacial score (nSPS) is 12.1. The van der Waals surface area contributed by atoms with Gasteiger partial charge >= 0.3 is 5.97 Å². The number of imidazole rings is 1. The van der Waals surface area contributed by atoms with Crippen molar-refractivity contribution in [3.8, 4) is 0 Å². The Morgan fingerprint density at radius 3 is 2.56 bits per heavy atom. The molecule has 0 aliphatic rings. The fourth-order valence-corrected chi connectivity index (χ4v) is 3.61. The molecule has 0 saturated carbocycles. The third-order valence-corrected chi connectivity index (χ3v) is 4.90. The molecule has 0 radical (unpaired) electrons. The van der Waals surface area contributed by atoms with Gasteiger partial charge in [0.05, 0.1) is 11.0 Å². The van der Waals surface area contributed by atoms with Gasteiger partial charge in [0.1, 0.15) is 4.91 Å². The first-order valence-electron chi connectivity index (χ1n) is 7.77. The number of carboxylic acid groups (broad SMARTS) is 1. The molecule has 2 aromatic carbocycles. The molecule has 0 fully saturated rings. The summed E-state index contributed by atoms with van der Waals surface area (Å²) >= 11 is 1.12. The smallest absolute Gasteiger partial charge is 0.342 e. The summed E-state index contributed by atoms with van der Waals surface area (Å²) in [4.78, 5) is 22.8. The minimum atomic E-state index is -0.977. The van der Waals surface area contributed by atoms with E-state index in [0.717, 1.165) is 45.0 Å². The number of carboxylic acids is 1. The van der Waals surface area contributed by atoms with Crippen molar-refractivity contribution >= 4 is 45.7 Å². The number of aliphatic carboxylic acids is 1. The van der Waals surface area contributed by atoms with E-state index in [1.807, 2.05) is 55.5 Å². The van der Waals surface area contributed by atoms with Crippen molar-refractivity contribution in [1.82, 2.24) is 15.0 Å². The molecule has 0 aliphatic carbocycles. The maximum absolute atomic E-state index is 11.8. The number of hydrogen-bond acceptors (Lipinski definition) is 3. The van der Waals surface area contributed by atoms with E-state index in [0.29, 0.717) is 5.16 Å². The molecule has 0 amide bonds. The van der Waals surface area contributed by atoms with E-state index in [1.165, 1.54) is 0 Å². The van der Waals surface area contributed by atoms with Crippen molar-refractivity contribution in [1.29, 1.82) is 0 Å². The molecule has 0 unspecified atom stereocenters. The lowest BCUT2D eigenvalue weighted by Gasteiger charge is -2.00. The van der Waals surface area contributed by atoms with Gasteiger partial charge in [-0.15, -0.1) is 0 Å². The van der Waals surface area contributed by atoms with Crippen LogP contribution >= 0.6 is 11.8 Å². The molecular weight excluding hydrogens is 334 g/mol. The van der Waals surface area contributed by atoms with Crippen molar-refractivity contribution in [2.75, 3.05) is 0 Å². The molecule has 0 aliphatic heterocycles. The Morgan fingerprint density at radius 2 is 1.80 bits per heavy atom. The van der Waals surface area contributed by atoms with Gasteiger partial charge in [0.15, 0.2) is 5.16 Å². The fraction of sp³-hybridized carbons (Fsp3) is 0.0526. The molecular formula is C19H15N3O2S. The molecule has 3 N–H and O–H groups in total. The third kappa shape index (κ3) is 2.92. The lowest BCUT2D eigenvalue weighted by atomic mass is 10.1. The highest BCUT2D eigenvalue weighted by molar-refractivity contribution is 8.04. The highest BCUT2D eigenvalue weighted by atomic mass is 32.2. The van der Waals surface area contributed by atoms with E-state index in [-0.39, 0.29) is 4.91 Å². The SMILES string of the molecule is Cc1[nH]c2ccccc2c1/C=C(\Sc1nc2ccccc2[nH]1)C(=O)O. The number of aromatic amines is 2. The van der Waals surface area contributed by atoms with Crippen LogP contribution in [0.1, 0.15) is 11.3 Å². The standard InChI is InChI=1S/C19H15N3O2S/c1-11-13(12-6-2-3-7-14(12)20-11)10-17(18(23)24)25-19-21-15-8-4-5-9-16(15)22-19/h2-10,20H,1H3,(H,21,22)(H,23,24)/b17-10-. The highest BCUT2D eigenvalue weighted by Gasteiger charge is 2.15. The summed E-state index contributed by atoms with van der Waals surface area (Å²) in [5.41, 5.74) is 4.52.